The Hall–Kier alpha value is -1.20. The lowest BCUT2D eigenvalue weighted by Crippen LogP contribution is -2.26. The number of aromatic amines is 1. The van der Waals surface area contributed by atoms with Crippen LogP contribution in [0.1, 0.15) is 31.5 Å². The second-order valence-corrected chi connectivity index (χ2v) is 5.75. The molecule has 5 heteroatoms. The lowest BCUT2D eigenvalue weighted by molar-refractivity contribution is 0.270. The molecule has 1 aliphatic heterocycles. The number of hydrogen-bond acceptors (Lipinski definition) is 4. The SMILES string of the molecule is O=c1[nH]c(CN2CCCCCC2)nc2ccsc12. The van der Waals surface area contributed by atoms with E-state index in [0.29, 0.717) is 0 Å². The number of likely N-dealkylation sites (tertiary alicyclic amines) is 1. The van der Waals surface area contributed by atoms with Crippen molar-refractivity contribution >= 4 is 21.6 Å². The number of H-pyrrole nitrogens is 1. The molecule has 2 aromatic heterocycles. The summed E-state index contributed by atoms with van der Waals surface area (Å²) in [5.74, 6) is 0.799. The van der Waals surface area contributed by atoms with Crippen LogP contribution >= 0.6 is 11.3 Å². The molecule has 96 valence electrons. The third-order valence-electron chi connectivity index (χ3n) is 3.44. The molecule has 0 atom stereocenters. The molecule has 0 aromatic carbocycles. The van der Waals surface area contributed by atoms with E-state index in [1.165, 1.54) is 37.0 Å². The highest BCUT2D eigenvalue weighted by atomic mass is 32.1. The van der Waals surface area contributed by atoms with E-state index in [-0.39, 0.29) is 5.56 Å². The molecular weight excluding hydrogens is 246 g/mol. The number of nitrogens with one attached hydrogen (secondary N) is 1. The van der Waals surface area contributed by atoms with E-state index in [4.69, 9.17) is 0 Å². The second kappa shape index (κ2) is 5.20. The van der Waals surface area contributed by atoms with Gasteiger partial charge in [0.05, 0.1) is 12.1 Å². The first-order valence-electron chi connectivity index (χ1n) is 6.52. The van der Waals surface area contributed by atoms with Crippen LogP contribution in [0.15, 0.2) is 16.2 Å². The Bertz CT molecular complexity index is 581. The van der Waals surface area contributed by atoms with Gasteiger partial charge in [0.25, 0.3) is 5.56 Å². The molecule has 0 spiro atoms. The summed E-state index contributed by atoms with van der Waals surface area (Å²) in [6.07, 6.45) is 5.16. The summed E-state index contributed by atoms with van der Waals surface area (Å²) in [7, 11) is 0. The maximum Gasteiger partial charge on any atom is 0.268 e. The number of rotatable bonds is 2. The van der Waals surface area contributed by atoms with Crippen molar-refractivity contribution in [1.82, 2.24) is 14.9 Å². The van der Waals surface area contributed by atoms with E-state index in [1.54, 1.807) is 0 Å². The standard InChI is InChI=1S/C13H17N3OS/c17-13-12-10(5-8-18-12)14-11(15-13)9-16-6-3-1-2-4-7-16/h5,8H,1-4,6-7,9H2,(H,14,15,17). The van der Waals surface area contributed by atoms with Crippen molar-refractivity contribution in [2.24, 2.45) is 0 Å². The highest BCUT2D eigenvalue weighted by Gasteiger charge is 2.12. The number of fused-ring (bicyclic) bond motifs is 1. The lowest BCUT2D eigenvalue weighted by atomic mass is 10.2. The molecule has 1 saturated heterocycles. The minimum absolute atomic E-state index is 0.000165. The second-order valence-electron chi connectivity index (χ2n) is 4.84. The predicted octanol–water partition coefficient (Wildman–Crippen LogP) is 2.36. The summed E-state index contributed by atoms with van der Waals surface area (Å²) in [6, 6.07) is 1.92. The van der Waals surface area contributed by atoms with Gasteiger partial charge < -0.3 is 4.98 Å². The first-order valence-corrected chi connectivity index (χ1v) is 7.40. The Morgan fingerprint density at radius 3 is 2.83 bits per heavy atom. The fourth-order valence-electron chi connectivity index (χ4n) is 2.50. The average molecular weight is 263 g/mol. The van der Waals surface area contributed by atoms with E-state index in [0.717, 1.165) is 35.7 Å². The van der Waals surface area contributed by atoms with Crippen LogP contribution in [0, 0.1) is 0 Å². The Balaban J connectivity index is 1.83. The Labute approximate surface area is 110 Å². The third kappa shape index (κ3) is 2.47. The number of nitrogens with zero attached hydrogens (tertiary/aromatic N) is 2. The molecule has 1 N–H and O–H groups in total. The van der Waals surface area contributed by atoms with Crippen LogP contribution in [0.4, 0.5) is 0 Å². The molecule has 1 fully saturated rings. The summed E-state index contributed by atoms with van der Waals surface area (Å²) in [6.45, 7) is 3.00. The normalized spacial score (nSPS) is 18.0. The summed E-state index contributed by atoms with van der Waals surface area (Å²) < 4.78 is 0.731. The van der Waals surface area contributed by atoms with Crippen LogP contribution in [0.25, 0.3) is 10.2 Å². The van der Waals surface area contributed by atoms with Crippen molar-refractivity contribution in [2.75, 3.05) is 13.1 Å². The minimum Gasteiger partial charge on any atom is -0.308 e. The lowest BCUT2D eigenvalue weighted by Gasteiger charge is -2.18. The Morgan fingerprint density at radius 1 is 1.28 bits per heavy atom. The van der Waals surface area contributed by atoms with Crippen molar-refractivity contribution in [3.63, 3.8) is 0 Å². The molecule has 0 unspecified atom stereocenters. The Morgan fingerprint density at radius 2 is 2.06 bits per heavy atom. The number of hydrogen-bond donors (Lipinski definition) is 1. The van der Waals surface area contributed by atoms with E-state index in [9.17, 15) is 4.79 Å². The maximum atomic E-state index is 11.9. The molecule has 3 heterocycles. The molecular formula is C13H17N3OS. The van der Waals surface area contributed by atoms with Gasteiger partial charge in [-0.25, -0.2) is 4.98 Å². The zero-order valence-corrected chi connectivity index (χ0v) is 11.1. The summed E-state index contributed by atoms with van der Waals surface area (Å²) in [4.78, 5) is 21.7. The topological polar surface area (TPSA) is 49.0 Å². The quantitative estimate of drug-likeness (QED) is 0.905. The van der Waals surface area contributed by atoms with Gasteiger partial charge in [-0.1, -0.05) is 12.8 Å². The van der Waals surface area contributed by atoms with Crippen LogP contribution in [0.2, 0.25) is 0 Å². The van der Waals surface area contributed by atoms with Gasteiger partial charge in [-0.3, -0.25) is 9.69 Å². The van der Waals surface area contributed by atoms with E-state index in [1.807, 2.05) is 11.4 Å². The number of thiophene rings is 1. The van der Waals surface area contributed by atoms with E-state index in [2.05, 4.69) is 14.9 Å². The van der Waals surface area contributed by atoms with Gasteiger partial charge in [0.2, 0.25) is 0 Å². The first kappa shape index (κ1) is 11.9. The van der Waals surface area contributed by atoms with Crippen molar-refractivity contribution < 1.29 is 0 Å². The Kier molecular flexibility index (Phi) is 3.43. The zero-order chi connectivity index (χ0) is 12.4. The molecule has 0 bridgehead atoms. The minimum atomic E-state index is -0.000165. The average Bonchev–Trinajstić information content (AvgIpc) is 2.68. The summed E-state index contributed by atoms with van der Waals surface area (Å²) >= 11 is 1.45. The largest absolute Gasteiger partial charge is 0.308 e. The molecule has 0 radical (unpaired) electrons. The van der Waals surface area contributed by atoms with Crippen molar-refractivity contribution in [3.05, 3.63) is 27.6 Å². The van der Waals surface area contributed by atoms with E-state index < -0.39 is 0 Å². The highest BCUT2D eigenvalue weighted by Crippen LogP contribution is 2.15. The van der Waals surface area contributed by atoms with Gasteiger partial charge in [0, 0.05) is 0 Å². The van der Waals surface area contributed by atoms with Gasteiger partial charge in [-0.05, 0) is 37.4 Å². The molecule has 3 rings (SSSR count). The molecule has 2 aromatic rings. The van der Waals surface area contributed by atoms with Crippen molar-refractivity contribution in [3.8, 4) is 0 Å². The smallest absolute Gasteiger partial charge is 0.268 e. The maximum absolute atomic E-state index is 11.9. The van der Waals surface area contributed by atoms with Crippen LogP contribution in [-0.2, 0) is 6.54 Å². The van der Waals surface area contributed by atoms with Crippen molar-refractivity contribution in [2.45, 2.75) is 32.2 Å². The molecule has 0 aliphatic carbocycles. The van der Waals surface area contributed by atoms with E-state index >= 15 is 0 Å². The van der Waals surface area contributed by atoms with Crippen LogP contribution in [0.5, 0.6) is 0 Å². The fourth-order valence-corrected chi connectivity index (χ4v) is 3.23. The molecule has 1 aliphatic rings. The van der Waals surface area contributed by atoms with Crippen LogP contribution in [-0.4, -0.2) is 28.0 Å². The summed E-state index contributed by atoms with van der Waals surface area (Å²) in [5.41, 5.74) is 0.827. The fraction of sp³-hybridized carbons (Fsp3) is 0.538. The third-order valence-corrected chi connectivity index (χ3v) is 4.34. The monoisotopic (exact) mass is 263 g/mol. The van der Waals surface area contributed by atoms with Gasteiger partial charge in [-0.15, -0.1) is 11.3 Å². The van der Waals surface area contributed by atoms with Crippen LogP contribution < -0.4 is 5.56 Å². The number of aromatic nitrogens is 2. The van der Waals surface area contributed by atoms with Gasteiger partial charge in [0.1, 0.15) is 10.5 Å². The zero-order valence-electron chi connectivity index (χ0n) is 10.3. The highest BCUT2D eigenvalue weighted by molar-refractivity contribution is 7.17. The first-order chi connectivity index (χ1) is 8.83. The molecule has 18 heavy (non-hydrogen) atoms. The van der Waals surface area contributed by atoms with Gasteiger partial charge in [0.15, 0.2) is 0 Å². The molecule has 0 saturated carbocycles. The molecule has 0 amide bonds. The molecule has 4 nitrogen and oxygen atoms in total. The van der Waals surface area contributed by atoms with Crippen LogP contribution in [0.3, 0.4) is 0 Å². The predicted molar refractivity (Wildman–Crippen MR) is 74.0 cm³/mol. The van der Waals surface area contributed by atoms with Crippen molar-refractivity contribution in [1.29, 1.82) is 0 Å². The van der Waals surface area contributed by atoms with Gasteiger partial charge in [-0.2, -0.15) is 0 Å². The van der Waals surface area contributed by atoms with Gasteiger partial charge >= 0.3 is 0 Å². The summed E-state index contributed by atoms with van der Waals surface area (Å²) in [5, 5.41) is 1.92.